The van der Waals surface area contributed by atoms with Crippen molar-refractivity contribution in [3.8, 4) is 0 Å². The smallest absolute Gasteiger partial charge is 0.00444 e. The summed E-state index contributed by atoms with van der Waals surface area (Å²) in [5.41, 5.74) is 8.52. The largest absolute Gasteiger partial charge is 0.404 e. The van der Waals surface area contributed by atoms with Crippen LogP contribution in [-0.4, -0.2) is 0 Å². The van der Waals surface area contributed by atoms with E-state index in [2.05, 4.69) is 33.1 Å². The minimum Gasteiger partial charge on any atom is -0.404 e. The third kappa shape index (κ3) is 1.74. The maximum absolute atomic E-state index is 5.46. The zero-order valence-electron chi connectivity index (χ0n) is 8.38. The van der Waals surface area contributed by atoms with Gasteiger partial charge in [0.05, 0.1) is 0 Å². The fraction of sp³-hybridized carbons (Fsp3) is 0.333. The Morgan fingerprint density at radius 1 is 1.46 bits per heavy atom. The molecule has 0 spiro atoms. The van der Waals surface area contributed by atoms with Crippen molar-refractivity contribution < 1.29 is 0 Å². The molecule has 0 saturated heterocycles. The Kier molecular flexibility index (Phi) is 2.76. The summed E-state index contributed by atoms with van der Waals surface area (Å²) in [6.45, 7) is 12.4. The van der Waals surface area contributed by atoms with Crippen LogP contribution in [0, 0.1) is 11.8 Å². The lowest BCUT2D eigenvalue weighted by atomic mass is 9.79. The summed E-state index contributed by atoms with van der Waals surface area (Å²) in [4.78, 5) is 0. The number of nitrogens with two attached hydrogens (primary N) is 1. The Hall–Kier alpha value is -1.24. The molecule has 1 nitrogen and oxygen atoms in total. The molecule has 1 rings (SSSR count). The van der Waals surface area contributed by atoms with E-state index in [9.17, 15) is 0 Å². The SMILES string of the molecule is C=C1C(=C)C(C(C)C)C=C/C1=C/N. The van der Waals surface area contributed by atoms with Crippen LogP contribution in [0.2, 0.25) is 0 Å². The average Bonchev–Trinajstić information content (AvgIpc) is 2.09. The van der Waals surface area contributed by atoms with Gasteiger partial charge in [-0.2, -0.15) is 0 Å². The Morgan fingerprint density at radius 2 is 2.08 bits per heavy atom. The minimum absolute atomic E-state index is 0.413. The van der Waals surface area contributed by atoms with E-state index in [1.807, 2.05) is 6.08 Å². The molecule has 0 aromatic rings. The first-order valence-corrected chi connectivity index (χ1v) is 4.56. The summed E-state index contributed by atoms with van der Waals surface area (Å²) in [6, 6.07) is 0. The molecule has 0 saturated carbocycles. The molecule has 0 radical (unpaired) electrons. The van der Waals surface area contributed by atoms with Gasteiger partial charge in [-0.1, -0.05) is 39.2 Å². The molecule has 1 aliphatic rings. The Labute approximate surface area is 80.3 Å². The zero-order chi connectivity index (χ0) is 10.0. The number of allylic oxidation sites excluding steroid dienone is 5. The molecule has 2 N–H and O–H groups in total. The topological polar surface area (TPSA) is 26.0 Å². The van der Waals surface area contributed by atoms with Crippen LogP contribution >= 0.6 is 0 Å². The molecule has 13 heavy (non-hydrogen) atoms. The minimum atomic E-state index is 0.413. The molecular weight excluding hydrogens is 158 g/mol. The fourth-order valence-corrected chi connectivity index (χ4v) is 1.59. The van der Waals surface area contributed by atoms with E-state index in [1.165, 1.54) is 0 Å². The lowest BCUT2D eigenvalue weighted by molar-refractivity contribution is 0.528. The molecule has 0 aromatic heterocycles. The second kappa shape index (κ2) is 3.65. The lowest BCUT2D eigenvalue weighted by Gasteiger charge is -2.26. The summed E-state index contributed by atoms with van der Waals surface area (Å²) < 4.78 is 0. The van der Waals surface area contributed by atoms with Crippen molar-refractivity contribution in [1.82, 2.24) is 0 Å². The van der Waals surface area contributed by atoms with Crippen LogP contribution < -0.4 is 5.73 Å². The van der Waals surface area contributed by atoms with Crippen LogP contribution in [0.1, 0.15) is 13.8 Å². The molecule has 0 aromatic carbocycles. The van der Waals surface area contributed by atoms with Crippen molar-refractivity contribution in [2.24, 2.45) is 17.6 Å². The predicted octanol–water partition coefficient (Wildman–Crippen LogP) is 2.78. The zero-order valence-corrected chi connectivity index (χ0v) is 8.38. The second-order valence-electron chi connectivity index (χ2n) is 3.75. The second-order valence-corrected chi connectivity index (χ2v) is 3.75. The summed E-state index contributed by atoms with van der Waals surface area (Å²) >= 11 is 0. The highest BCUT2D eigenvalue weighted by molar-refractivity contribution is 5.54. The van der Waals surface area contributed by atoms with Gasteiger partial charge in [0, 0.05) is 12.1 Å². The van der Waals surface area contributed by atoms with Gasteiger partial charge in [0.25, 0.3) is 0 Å². The van der Waals surface area contributed by atoms with E-state index in [-0.39, 0.29) is 0 Å². The van der Waals surface area contributed by atoms with Crippen LogP contribution in [0.4, 0.5) is 0 Å². The van der Waals surface area contributed by atoms with Crippen LogP contribution in [-0.2, 0) is 0 Å². The molecule has 1 aliphatic carbocycles. The van der Waals surface area contributed by atoms with Crippen LogP contribution in [0.15, 0.2) is 48.2 Å². The Bertz CT molecular complexity index is 292. The summed E-state index contributed by atoms with van der Waals surface area (Å²) in [5.74, 6) is 0.982. The van der Waals surface area contributed by atoms with Gasteiger partial charge in [-0.05, 0) is 22.6 Å². The van der Waals surface area contributed by atoms with Gasteiger partial charge >= 0.3 is 0 Å². The van der Waals surface area contributed by atoms with Crippen molar-refractivity contribution in [1.29, 1.82) is 0 Å². The van der Waals surface area contributed by atoms with Crippen LogP contribution in [0.25, 0.3) is 0 Å². The molecule has 1 unspecified atom stereocenters. The third-order valence-electron chi connectivity index (χ3n) is 2.52. The van der Waals surface area contributed by atoms with E-state index in [4.69, 9.17) is 5.73 Å². The summed E-state index contributed by atoms with van der Waals surface area (Å²) in [6.07, 6.45) is 5.77. The molecule has 0 aliphatic heterocycles. The van der Waals surface area contributed by atoms with Gasteiger partial charge in [-0.15, -0.1) is 0 Å². The first kappa shape index (κ1) is 9.85. The van der Waals surface area contributed by atoms with Crippen LogP contribution in [0.5, 0.6) is 0 Å². The highest BCUT2D eigenvalue weighted by Gasteiger charge is 2.20. The Balaban J connectivity index is 3.01. The molecule has 1 atom stereocenters. The van der Waals surface area contributed by atoms with E-state index < -0.39 is 0 Å². The van der Waals surface area contributed by atoms with E-state index in [0.29, 0.717) is 11.8 Å². The molecular formula is C12H17N. The first-order chi connectivity index (χ1) is 6.07. The molecule has 0 bridgehead atoms. The molecule has 0 amide bonds. The monoisotopic (exact) mass is 175 g/mol. The number of hydrogen-bond donors (Lipinski definition) is 1. The molecule has 1 heteroatoms. The predicted molar refractivity (Wildman–Crippen MR) is 58.0 cm³/mol. The summed E-state index contributed by atoms with van der Waals surface area (Å²) in [7, 11) is 0. The van der Waals surface area contributed by atoms with Gasteiger partial charge in [0.2, 0.25) is 0 Å². The van der Waals surface area contributed by atoms with E-state index in [0.717, 1.165) is 16.7 Å². The van der Waals surface area contributed by atoms with Gasteiger partial charge in [0.15, 0.2) is 0 Å². The lowest BCUT2D eigenvalue weighted by Crippen LogP contribution is -2.14. The van der Waals surface area contributed by atoms with Crippen LogP contribution in [0.3, 0.4) is 0 Å². The normalized spacial score (nSPS) is 26.1. The van der Waals surface area contributed by atoms with Gasteiger partial charge in [-0.3, -0.25) is 0 Å². The van der Waals surface area contributed by atoms with E-state index in [1.54, 1.807) is 6.20 Å². The summed E-state index contributed by atoms with van der Waals surface area (Å²) in [5, 5.41) is 0. The highest BCUT2D eigenvalue weighted by atomic mass is 14.5. The van der Waals surface area contributed by atoms with E-state index >= 15 is 0 Å². The third-order valence-corrected chi connectivity index (χ3v) is 2.52. The van der Waals surface area contributed by atoms with Crippen molar-refractivity contribution in [2.75, 3.05) is 0 Å². The van der Waals surface area contributed by atoms with Crippen molar-refractivity contribution in [3.05, 3.63) is 48.2 Å². The highest BCUT2D eigenvalue weighted by Crippen LogP contribution is 2.33. The molecule has 0 heterocycles. The standard InChI is InChI=1S/C12H17N/c1-8(2)12-6-5-11(7-13)9(3)10(12)4/h5-8,12H,3-4,13H2,1-2H3/b11-7-. The molecule has 0 fully saturated rings. The maximum Gasteiger partial charge on any atom is 0.00444 e. The quantitative estimate of drug-likeness (QED) is 0.651. The first-order valence-electron chi connectivity index (χ1n) is 4.56. The van der Waals surface area contributed by atoms with Gasteiger partial charge in [0.1, 0.15) is 0 Å². The van der Waals surface area contributed by atoms with Gasteiger partial charge in [-0.25, -0.2) is 0 Å². The number of hydrogen-bond acceptors (Lipinski definition) is 1. The number of rotatable bonds is 1. The molecule has 70 valence electrons. The Morgan fingerprint density at radius 3 is 2.54 bits per heavy atom. The van der Waals surface area contributed by atoms with Crippen molar-refractivity contribution in [3.63, 3.8) is 0 Å². The van der Waals surface area contributed by atoms with Crippen molar-refractivity contribution >= 4 is 0 Å². The van der Waals surface area contributed by atoms with Gasteiger partial charge < -0.3 is 5.73 Å². The fourth-order valence-electron chi connectivity index (χ4n) is 1.59. The average molecular weight is 175 g/mol. The van der Waals surface area contributed by atoms with Crippen molar-refractivity contribution in [2.45, 2.75) is 13.8 Å². The maximum atomic E-state index is 5.46.